The Bertz CT molecular complexity index is 1190. The maximum absolute atomic E-state index is 12.0. The quantitative estimate of drug-likeness (QED) is 0.343. The predicted molar refractivity (Wildman–Crippen MR) is 121 cm³/mol. The number of carbonyl (C=O) groups is 2. The van der Waals surface area contributed by atoms with Gasteiger partial charge in [0, 0.05) is 17.0 Å². The normalized spacial score (nSPS) is 16.7. The van der Waals surface area contributed by atoms with E-state index in [4.69, 9.17) is 18.8 Å². The van der Waals surface area contributed by atoms with E-state index in [-0.39, 0.29) is 0 Å². The van der Waals surface area contributed by atoms with Crippen molar-refractivity contribution in [1.82, 2.24) is 4.98 Å². The average Bonchev–Trinajstić information content (AvgIpc) is 2.99. The molecule has 0 bridgehead atoms. The van der Waals surface area contributed by atoms with Gasteiger partial charge in [0.15, 0.2) is 0 Å². The van der Waals surface area contributed by atoms with Gasteiger partial charge in [-0.25, -0.2) is 9.78 Å². The smallest absolute Gasteiger partial charge is 0.465 e. The molecule has 2 aromatic carbocycles. The first-order chi connectivity index (χ1) is 15.1. The van der Waals surface area contributed by atoms with E-state index < -0.39 is 24.3 Å². The first-order valence-electron chi connectivity index (χ1n) is 10.3. The van der Waals surface area contributed by atoms with Crippen LogP contribution >= 0.6 is 0 Å². The summed E-state index contributed by atoms with van der Waals surface area (Å²) in [4.78, 5) is 28.2. The zero-order chi connectivity index (χ0) is 23.1. The van der Waals surface area contributed by atoms with Gasteiger partial charge < -0.3 is 18.8 Å². The Morgan fingerprint density at radius 1 is 1.03 bits per heavy atom. The van der Waals surface area contributed by atoms with E-state index >= 15 is 0 Å². The second-order valence-corrected chi connectivity index (χ2v) is 8.61. The number of benzene rings is 2. The molecule has 1 fully saturated rings. The van der Waals surface area contributed by atoms with Gasteiger partial charge in [-0.1, -0.05) is 12.1 Å². The van der Waals surface area contributed by atoms with Crippen molar-refractivity contribution in [3.8, 4) is 11.6 Å². The largest absolute Gasteiger partial charge is 0.495 e. The number of carbonyl (C=O) groups excluding carboxylic acids is 2. The van der Waals surface area contributed by atoms with E-state index in [1.807, 2.05) is 27.7 Å². The molecule has 0 unspecified atom stereocenters. The second-order valence-electron chi connectivity index (χ2n) is 8.61. The summed E-state index contributed by atoms with van der Waals surface area (Å²) in [7, 11) is 0.689. The molecule has 0 saturated carbocycles. The number of nitrogens with zero attached hydrogens (tertiary/aromatic N) is 1. The lowest BCUT2D eigenvalue weighted by atomic mass is 9.76. The minimum Gasteiger partial charge on any atom is -0.465 e. The lowest BCUT2D eigenvalue weighted by Crippen LogP contribution is -2.41. The monoisotopic (exact) mass is 433 g/mol. The number of ether oxygens (including phenoxy) is 2. The fourth-order valence-electron chi connectivity index (χ4n) is 3.50. The molecular weight excluding hydrogens is 409 g/mol. The van der Waals surface area contributed by atoms with Gasteiger partial charge in [-0.15, -0.1) is 0 Å². The van der Waals surface area contributed by atoms with Crippen molar-refractivity contribution in [2.24, 2.45) is 0 Å². The third-order valence-corrected chi connectivity index (χ3v) is 6.03. The van der Waals surface area contributed by atoms with Crippen LogP contribution in [-0.4, -0.2) is 42.7 Å². The summed E-state index contributed by atoms with van der Waals surface area (Å²) in [5, 5.41) is 0.663. The fourth-order valence-corrected chi connectivity index (χ4v) is 3.50. The first kappa shape index (κ1) is 22.0. The third kappa shape index (κ3) is 3.87. The number of aldehydes is 1. The molecule has 4 rings (SSSR count). The van der Waals surface area contributed by atoms with Crippen LogP contribution in [0, 0.1) is 0 Å². The molecule has 164 valence electrons. The van der Waals surface area contributed by atoms with Crippen molar-refractivity contribution < 1.29 is 28.4 Å². The number of esters is 1. The van der Waals surface area contributed by atoms with Gasteiger partial charge in [-0.05, 0) is 63.5 Å². The summed E-state index contributed by atoms with van der Waals surface area (Å²) in [6.07, 6.45) is 0.754. The summed E-state index contributed by atoms with van der Waals surface area (Å²) in [5.74, 6) is 0.350. The Morgan fingerprint density at radius 3 is 2.41 bits per heavy atom. The van der Waals surface area contributed by atoms with E-state index in [1.165, 1.54) is 7.11 Å². The Hall–Kier alpha value is -3.23. The van der Waals surface area contributed by atoms with Crippen molar-refractivity contribution in [2.75, 3.05) is 7.11 Å². The SMILES string of the molecule is COC(=O)c1cccc2nc(Oc3ccc(B4OC(C)(C)C(C)(C)O4)c(C=O)c3)ccc12. The Balaban J connectivity index is 1.61. The second kappa shape index (κ2) is 8.04. The maximum atomic E-state index is 12.0. The molecule has 8 heteroatoms. The van der Waals surface area contributed by atoms with Gasteiger partial charge >= 0.3 is 13.1 Å². The van der Waals surface area contributed by atoms with Crippen LogP contribution in [-0.2, 0) is 14.0 Å². The Labute approximate surface area is 186 Å². The summed E-state index contributed by atoms with van der Waals surface area (Å²) in [6, 6.07) is 13.7. The predicted octanol–water partition coefficient (Wildman–Crippen LogP) is 3.93. The minimum absolute atomic E-state index is 0.333. The van der Waals surface area contributed by atoms with Crippen LogP contribution < -0.4 is 10.2 Å². The van der Waals surface area contributed by atoms with Crippen LogP contribution in [0.2, 0.25) is 0 Å². The summed E-state index contributed by atoms with van der Waals surface area (Å²) in [6.45, 7) is 7.84. The highest BCUT2D eigenvalue weighted by molar-refractivity contribution is 6.63. The number of hydrogen-bond acceptors (Lipinski definition) is 7. The van der Waals surface area contributed by atoms with E-state index in [0.29, 0.717) is 39.1 Å². The van der Waals surface area contributed by atoms with Gasteiger partial charge in [-0.3, -0.25) is 4.79 Å². The maximum Gasteiger partial charge on any atom is 0.495 e. The topological polar surface area (TPSA) is 84.0 Å². The molecule has 0 radical (unpaired) electrons. The number of hydrogen-bond donors (Lipinski definition) is 0. The minimum atomic E-state index is -0.648. The van der Waals surface area contributed by atoms with Crippen molar-refractivity contribution >= 4 is 35.7 Å². The van der Waals surface area contributed by atoms with Gasteiger partial charge in [0.1, 0.15) is 12.0 Å². The van der Waals surface area contributed by atoms with E-state index in [0.717, 1.165) is 6.29 Å². The molecule has 1 saturated heterocycles. The Kier molecular flexibility index (Phi) is 5.52. The summed E-state index contributed by atoms with van der Waals surface area (Å²) in [5.41, 5.74) is 1.06. The average molecular weight is 433 g/mol. The summed E-state index contributed by atoms with van der Waals surface area (Å²) < 4.78 is 22.8. The molecule has 1 aliphatic rings. The van der Waals surface area contributed by atoms with Crippen molar-refractivity contribution in [1.29, 1.82) is 0 Å². The van der Waals surface area contributed by atoms with Crippen molar-refractivity contribution in [3.63, 3.8) is 0 Å². The fraction of sp³-hybridized carbons (Fsp3) is 0.292. The molecule has 2 heterocycles. The molecule has 32 heavy (non-hydrogen) atoms. The van der Waals surface area contributed by atoms with Crippen LogP contribution in [0.1, 0.15) is 48.4 Å². The van der Waals surface area contributed by atoms with E-state index in [2.05, 4.69) is 4.98 Å². The number of aromatic nitrogens is 1. The van der Waals surface area contributed by atoms with Gasteiger partial charge in [0.2, 0.25) is 5.88 Å². The molecule has 0 aliphatic carbocycles. The Morgan fingerprint density at radius 2 is 1.75 bits per heavy atom. The van der Waals surface area contributed by atoms with Crippen LogP contribution in [0.25, 0.3) is 10.9 Å². The zero-order valence-corrected chi connectivity index (χ0v) is 18.7. The molecule has 3 aromatic rings. The highest BCUT2D eigenvalue weighted by Gasteiger charge is 2.52. The van der Waals surface area contributed by atoms with Crippen molar-refractivity contribution in [2.45, 2.75) is 38.9 Å². The van der Waals surface area contributed by atoms with Gasteiger partial charge in [-0.2, -0.15) is 0 Å². The molecule has 0 atom stereocenters. The molecule has 1 aliphatic heterocycles. The molecule has 0 spiro atoms. The van der Waals surface area contributed by atoms with Crippen molar-refractivity contribution in [3.05, 3.63) is 59.7 Å². The highest BCUT2D eigenvalue weighted by Crippen LogP contribution is 2.37. The molecule has 7 nitrogen and oxygen atoms in total. The third-order valence-electron chi connectivity index (χ3n) is 6.03. The number of rotatable bonds is 5. The highest BCUT2D eigenvalue weighted by atomic mass is 16.7. The van der Waals surface area contributed by atoms with E-state index in [9.17, 15) is 9.59 Å². The molecular formula is C24H24BNO6. The van der Waals surface area contributed by atoms with Crippen LogP contribution in [0.4, 0.5) is 0 Å². The van der Waals surface area contributed by atoms with E-state index in [1.54, 1.807) is 48.5 Å². The van der Waals surface area contributed by atoms with Crippen LogP contribution in [0.15, 0.2) is 48.5 Å². The number of fused-ring (bicyclic) bond motifs is 1. The van der Waals surface area contributed by atoms with Gasteiger partial charge in [0.25, 0.3) is 0 Å². The van der Waals surface area contributed by atoms with Crippen LogP contribution in [0.3, 0.4) is 0 Å². The zero-order valence-electron chi connectivity index (χ0n) is 18.7. The summed E-state index contributed by atoms with van der Waals surface area (Å²) >= 11 is 0. The lowest BCUT2D eigenvalue weighted by Gasteiger charge is -2.32. The standard InChI is InChI=1S/C24H24BNO6/c1-23(2)24(3,4)32-25(31-23)19-11-9-16(13-15(19)14-27)30-21-12-10-17-18(22(28)29-5)7-6-8-20(17)26-21/h6-14H,1-5H3. The van der Waals surface area contributed by atoms with Crippen LogP contribution in [0.5, 0.6) is 11.6 Å². The number of pyridine rings is 1. The van der Waals surface area contributed by atoms with Gasteiger partial charge in [0.05, 0.1) is 29.4 Å². The molecule has 1 aromatic heterocycles. The molecule has 0 N–H and O–H groups in total. The molecule has 0 amide bonds. The lowest BCUT2D eigenvalue weighted by molar-refractivity contribution is 0.00578. The number of methoxy groups -OCH3 is 1. The first-order valence-corrected chi connectivity index (χ1v) is 10.3.